The summed E-state index contributed by atoms with van der Waals surface area (Å²) in [5.41, 5.74) is 4.74. The van der Waals surface area contributed by atoms with Crippen LogP contribution in [0.25, 0.3) is 22.3 Å². The van der Waals surface area contributed by atoms with Gasteiger partial charge in [-0.05, 0) is 103 Å². The highest BCUT2D eigenvalue weighted by molar-refractivity contribution is 6.31. The maximum absolute atomic E-state index is 15.3. The lowest BCUT2D eigenvalue weighted by atomic mass is 9.82. The Morgan fingerprint density at radius 1 is 1.06 bits per heavy atom. The quantitative estimate of drug-likeness (QED) is 0.174. The lowest BCUT2D eigenvalue weighted by Crippen LogP contribution is -2.57. The van der Waals surface area contributed by atoms with Gasteiger partial charge in [0.25, 0.3) is 0 Å². The first-order chi connectivity index (χ1) is 22.5. The van der Waals surface area contributed by atoms with Crippen molar-refractivity contribution in [2.24, 2.45) is 0 Å². The van der Waals surface area contributed by atoms with Crippen LogP contribution in [-0.4, -0.2) is 62.7 Å². The van der Waals surface area contributed by atoms with E-state index in [9.17, 15) is 9.90 Å². The second-order valence-electron chi connectivity index (χ2n) is 14.0. The van der Waals surface area contributed by atoms with E-state index in [1.165, 1.54) is 31.4 Å². The Bertz CT molecular complexity index is 1840. The van der Waals surface area contributed by atoms with Crippen LogP contribution in [0.4, 0.5) is 21.6 Å². The van der Waals surface area contributed by atoms with Crippen LogP contribution in [0.1, 0.15) is 83.2 Å². The number of fused-ring (bicyclic) bond motifs is 2. The average Bonchev–Trinajstić information content (AvgIpc) is 3.55. The van der Waals surface area contributed by atoms with E-state index in [4.69, 9.17) is 21.6 Å². The number of piperidine rings is 1. The minimum atomic E-state index is -1.07. The van der Waals surface area contributed by atoms with Gasteiger partial charge in [0.15, 0.2) is 5.82 Å². The normalized spacial score (nSPS) is 21.7. The van der Waals surface area contributed by atoms with Crippen LogP contribution in [0.15, 0.2) is 42.7 Å². The average molecular weight is 660 g/mol. The van der Waals surface area contributed by atoms with Gasteiger partial charge in [0.2, 0.25) is 5.91 Å². The molecule has 0 bridgehead atoms. The Kier molecular flexibility index (Phi) is 8.27. The number of aliphatic hydroxyl groups excluding tert-OH is 1. The minimum absolute atomic E-state index is 0.0722. The maximum Gasteiger partial charge on any atom is 0.237 e. The van der Waals surface area contributed by atoms with E-state index in [0.717, 1.165) is 48.3 Å². The molecule has 1 unspecified atom stereocenters. The van der Waals surface area contributed by atoms with Gasteiger partial charge in [-0.1, -0.05) is 30.2 Å². The number of nitrogens with one attached hydrogen (secondary N) is 2. The van der Waals surface area contributed by atoms with Crippen LogP contribution in [0.3, 0.4) is 0 Å². The number of benzene rings is 2. The summed E-state index contributed by atoms with van der Waals surface area (Å²) in [5.74, 6) is -0.00630. The summed E-state index contributed by atoms with van der Waals surface area (Å²) in [7, 11) is 1.59. The maximum atomic E-state index is 15.3. The fourth-order valence-corrected chi connectivity index (χ4v) is 7.75. The molecule has 3 N–H and O–H groups in total. The predicted molar refractivity (Wildman–Crippen MR) is 185 cm³/mol. The van der Waals surface area contributed by atoms with Crippen molar-refractivity contribution in [1.29, 1.82) is 0 Å². The molecule has 1 saturated carbocycles. The number of aromatic nitrogens is 3. The van der Waals surface area contributed by atoms with Crippen molar-refractivity contribution in [3.8, 4) is 11.3 Å². The Labute approximate surface area is 280 Å². The molecule has 2 aromatic carbocycles. The van der Waals surface area contributed by atoms with Gasteiger partial charge >= 0.3 is 0 Å². The molecule has 4 aromatic rings. The Morgan fingerprint density at radius 2 is 1.81 bits per heavy atom. The van der Waals surface area contributed by atoms with Crippen LogP contribution in [-0.2, 0) is 10.2 Å². The number of imidazole rings is 1. The standard InChI is InChI=1S/C36H43ClFN7O2/c1-20(2)44-19-40-30-18-28(41-33(32(30)44)42-29-16-24(34(46)39-5)26(37)17-27(29)38)21-9-10-25-31(13-21)45(35(47)36(25,3)4)23-14-22(15-23)43-11-7-6-8-12-43/h9-10,13,16-20,22-23,34,39,46H,6-8,11-12,14-15H2,1-5H3,(H,41,42). The van der Waals surface area contributed by atoms with Crippen molar-refractivity contribution in [3.05, 3.63) is 64.7 Å². The van der Waals surface area contributed by atoms with E-state index in [0.29, 0.717) is 28.6 Å². The summed E-state index contributed by atoms with van der Waals surface area (Å²) in [5, 5.41) is 16.5. The van der Waals surface area contributed by atoms with Crippen molar-refractivity contribution in [3.63, 3.8) is 0 Å². The van der Waals surface area contributed by atoms with E-state index in [1.54, 1.807) is 13.4 Å². The van der Waals surface area contributed by atoms with Gasteiger partial charge in [0.05, 0.1) is 33.7 Å². The van der Waals surface area contributed by atoms with Crippen molar-refractivity contribution < 1.29 is 14.3 Å². The first-order valence-electron chi connectivity index (χ1n) is 16.7. The molecule has 248 valence electrons. The SMILES string of the molecule is CNC(O)c1cc(Nc2nc(-c3ccc4c(c3)N(C3CC(N5CCCCC5)C3)C(=O)C4(C)C)cc3ncn(C(C)C)c23)c(F)cc1Cl. The zero-order chi connectivity index (χ0) is 33.2. The summed E-state index contributed by atoms with van der Waals surface area (Å²) in [4.78, 5) is 28.3. The number of likely N-dealkylation sites (tertiary alicyclic amines) is 1. The Hall–Kier alpha value is -3.57. The number of amides is 1. The number of hydrogen-bond donors (Lipinski definition) is 3. The number of nitrogens with zero attached hydrogens (tertiary/aromatic N) is 5. The van der Waals surface area contributed by atoms with E-state index in [1.807, 2.05) is 49.3 Å². The molecule has 7 rings (SSSR count). The van der Waals surface area contributed by atoms with Crippen LogP contribution in [0.2, 0.25) is 5.02 Å². The first kappa shape index (κ1) is 32.0. The van der Waals surface area contributed by atoms with Crippen LogP contribution in [0.5, 0.6) is 0 Å². The van der Waals surface area contributed by atoms with Crippen LogP contribution >= 0.6 is 11.6 Å². The number of halogens is 2. The third kappa shape index (κ3) is 5.49. The van der Waals surface area contributed by atoms with E-state index in [2.05, 4.69) is 27.7 Å². The highest BCUT2D eigenvalue weighted by atomic mass is 35.5. The van der Waals surface area contributed by atoms with Crippen molar-refractivity contribution in [1.82, 2.24) is 24.8 Å². The monoisotopic (exact) mass is 659 g/mol. The molecule has 2 aliphatic heterocycles. The summed E-state index contributed by atoms with van der Waals surface area (Å²) < 4.78 is 17.3. The van der Waals surface area contributed by atoms with Gasteiger partial charge in [0, 0.05) is 34.9 Å². The topological polar surface area (TPSA) is 98.6 Å². The van der Waals surface area contributed by atoms with Crippen molar-refractivity contribution in [2.45, 2.75) is 89.6 Å². The number of pyridine rings is 1. The zero-order valence-corrected chi connectivity index (χ0v) is 28.4. The molecular formula is C36H43ClFN7O2. The van der Waals surface area contributed by atoms with Crippen LogP contribution in [0, 0.1) is 5.82 Å². The number of carbonyl (C=O) groups is 1. The summed E-state index contributed by atoms with van der Waals surface area (Å²) >= 11 is 6.27. The number of carbonyl (C=O) groups excluding carboxylic acids is 1. The molecule has 1 saturated heterocycles. The van der Waals surface area contributed by atoms with E-state index in [-0.39, 0.29) is 28.7 Å². The minimum Gasteiger partial charge on any atom is -0.374 e. The lowest BCUT2D eigenvalue weighted by molar-refractivity contribution is -0.123. The molecule has 1 atom stereocenters. The second kappa shape index (κ2) is 12.1. The van der Waals surface area contributed by atoms with Gasteiger partial charge in [0.1, 0.15) is 17.6 Å². The molecular weight excluding hydrogens is 617 g/mol. The summed E-state index contributed by atoms with van der Waals surface area (Å²) in [6, 6.07) is 11.6. The lowest BCUT2D eigenvalue weighted by Gasteiger charge is -2.48. The highest BCUT2D eigenvalue weighted by Gasteiger charge is 2.50. The number of rotatable bonds is 8. The molecule has 11 heteroatoms. The third-order valence-corrected chi connectivity index (χ3v) is 10.7. The van der Waals surface area contributed by atoms with E-state index >= 15 is 4.39 Å². The van der Waals surface area contributed by atoms with E-state index < -0.39 is 17.5 Å². The Morgan fingerprint density at radius 3 is 2.51 bits per heavy atom. The van der Waals surface area contributed by atoms with Crippen molar-refractivity contribution >= 4 is 45.7 Å². The molecule has 2 fully saturated rings. The molecule has 1 aliphatic carbocycles. The molecule has 0 spiro atoms. The fourth-order valence-electron chi connectivity index (χ4n) is 7.50. The van der Waals surface area contributed by atoms with Gasteiger partial charge in [-0.15, -0.1) is 0 Å². The van der Waals surface area contributed by atoms with Gasteiger partial charge in [-0.3, -0.25) is 10.1 Å². The van der Waals surface area contributed by atoms with Gasteiger partial charge in [-0.2, -0.15) is 0 Å². The summed E-state index contributed by atoms with van der Waals surface area (Å²) in [6.45, 7) is 10.4. The van der Waals surface area contributed by atoms with Gasteiger partial charge < -0.3 is 24.8 Å². The molecule has 4 heterocycles. The highest BCUT2D eigenvalue weighted by Crippen LogP contribution is 2.48. The second-order valence-corrected chi connectivity index (χ2v) is 14.5. The Balaban J connectivity index is 1.28. The molecule has 1 amide bonds. The largest absolute Gasteiger partial charge is 0.374 e. The van der Waals surface area contributed by atoms with Crippen LogP contribution < -0.4 is 15.5 Å². The number of hydrogen-bond acceptors (Lipinski definition) is 7. The number of anilines is 3. The van der Waals surface area contributed by atoms with Crippen molar-refractivity contribution in [2.75, 3.05) is 30.4 Å². The molecule has 47 heavy (non-hydrogen) atoms. The van der Waals surface area contributed by atoms with Gasteiger partial charge in [-0.25, -0.2) is 14.4 Å². The third-order valence-electron chi connectivity index (χ3n) is 10.4. The predicted octanol–water partition coefficient (Wildman–Crippen LogP) is 7.07. The molecule has 2 aromatic heterocycles. The fraction of sp³-hybridized carbons (Fsp3) is 0.472. The molecule has 3 aliphatic rings. The smallest absolute Gasteiger partial charge is 0.237 e. The summed E-state index contributed by atoms with van der Waals surface area (Å²) in [6.07, 6.45) is 6.51. The zero-order valence-electron chi connectivity index (χ0n) is 27.6. The first-order valence-corrected chi connectivity index (χ1v) is 17.1. The molecule has 9 nitrogen and oxygen atoms in total. The molecule has 0 radical (unpaired) electrons. The number of aliphatic hydroxyl groups is 1.